The Hall–Kier alpha value is -1.27. The average molecular weight is 245 g/mol. The van der Waals surface area contributed by atoms with Gasteiger partial charge in [-0.05, 0) is 24.3 Å². The molecule has 0 aliphatic heterocycles. The van der Waals surface area contributed by atoms with Gasteiger partial charge in [0.15, 0.2) is 6.04 Å². The summed E-state index contributed by atoms with van der Waals surface area (Å²) >= 11 is -1.21. The molecule has 0 fully saturated rings. The van der Waals surface area contributed by atoms with Crippen LogP contribution in [0.3, 0.4) is 0 Å². The zero-order valence-corrected chi connectivity index (χ0v) is 9.46. The smallest absolute Gasteiger partial charge is 0.331 e. The Kier molecular flexibility index (Phi) is 4.57. The summed E-state index contributed by atoms with van der Waals surface area (Å²) in [6.45, 7) is 0. The maximum atomic E-state index is 12.6. The third kappa shape index (κ3) is 4.08. The molecule has 1 unspecified atom stereocenters. The van der Waals surface area contributed by atoms with Gasteiger partial charge in [0.1, 0.15) is 11.6 Å². The Labute approximate surface area is 95.7 Å². The molecular weight excluding hydrogens is 233 g/mol. The van der Waals surface area contributed by atoms with Crippen LogP contribution in [-0.4, -0.2) is 33.7 Å². The molecule has 0 aromatic heterocycles. The predicted molar refractivity (Wildman–Crippen MR) is 60.4 cm³/mol. The minimum absolute atomic E-state index is 0.00666. The van der Waals surface area contributed by atoms with Gasteiger partial charge >= 0.3 is 5.97 Å². The Morgan fingerprint density at radius 3 is 2.56 bits per heavy atom. The van der Waals surface area contributed by atoms with Gasteiger partial charge in [0.2, 0.25) is 0 Å². The van der Waals surface area contributed by atoms with Crippen molar-refractivity contribution in [2.24, 2.45) is 0 Å². The fourth-order valence-corrected chi connectivity index (χ4v) is 1.85. The molecule has 0 aliphatic rings. The third-order valence-corrected chi connectivity index (χ3v) is 2.69. The molecule has 1 aromatic carbocycles. The van der Waals surface area contributed by atoms with Crippen LogP contribution in [0.15, 0.2) is 24.3 Å². The van der Waals surface area contributed by atoms with Crippen LogP contribution in [0.4, 0.5) is 10.1 Å². The summed E-state index contributed by atoms with van der Waals surface area (Å²) in [5, 5.41) is 11.5. The van der Waals surface area contributed by atoms with E-state index in [4.69, 9.17) is 5.11 Å². The predicted octanol–water partition coefficient (Wildman–Crippen LogP) is 1.07. The normalized spacial score (nSPS) is 14.2. The maximum Gasteiger partial charge on any atom is 0.331 e. The van der Waals surface area contributed by atoms with Crippen molar-refractivity contribution in [3.63, 3.8) is 0 Å². The van der Waals surface area contributed by atoms with E-state index < -0.39 is 29.0 Å². The van der Waals surface area contributed by atoms with Crippen LogP contribution in [0.5, 0.6) is 0 Å². The van der Waals surface area contributed by atoms with E-state index in [0.717, 1.165) is 0 Å². The van der Waals surface area contributed by atoms with Gasteiger partial charge in [-0.1, -0.05) is 11.2 Å². The standard InChI is InChI=1S/C10H12FNO3S/c1-16(15)6-9(10(13)14)12-8-4-2-7(11)3-5-8/h2-5,9,12H,6H2,1H3,(H,13,14)/t9-,16?/m0/s1. The number of carbonyl (C=O) groups is 1. The van der Waals surface area contributed by atoms with E-state index in [1.165, 1.54) is 30.5 Å². The Morgan fingerprint density at radius 1 is 1.56 bits per heavy atom. The van der Waals surface area contributed by atoms with Crippen LogP contribution >= 0.6 is 0 Å². The van der Waals surface area contributed by atoms with Crippen molar-refractivity contribution in [1.29, 1.82) is 0 Å². The van der Waals surface area contributed by atoms with Gasteiger partial charge in [-0.25, -0.2) is 9.18 Å². The molecule has 88 valence electrons. The molecule has 0 heterocycles. The molecule has 0 saturated heterocycles. The third-order valence-electron chi connectivity index (χ3n) is 1.88. The van der Waals surface area contributed by atoms with E-state index >= 15 is 0 Å². The number of carboxylic acids is 1. The molecule has 1 aromatic rings. The lowest BCUT2D eigenvalue weighted by molar-refractivity contribution is -0.137. The number of halogens is 1. The second kappa shape index (κ2) is 5.72. The summed E-state index contributed by atoms with van der Waals surface area (Å²) in [4.78, 5) is 10.8. The lowest BCUT2D eigenvalue weighted by atomic mass is 10.2. The number of aliphatic carboxylic acids is 1. The Bertz CT molecular complexity index is 356. The summed E-state index contributed by atoms with van der Waals surface area (Å²) < 4.78 is 23.6. The number of nitrogens with one attached hydrogen (secondary N) is 1. The molecule has 16 heavy (non-hydrogen) atoms. The van der Waals surface area contributed by atoms with E-state index in [2.05, 4.69) is 5.32 Å². The topological polar surface area (TPSA) is 72.4 Å². The first-order chi connectivity index (χ1) is 7.49. The lowest BCUT2D eigenvalue weighted by Crippen LogP contribution is -2.36. The number of hydrogen-bond acceptors (Lipinski definition) is 3. The monoisotopic (exact) mass is 245 g/mol. The quantitative estimate of drug-likeness (QED) is 0.761. The summed E-state index contributed by atoms with van der Waals surface area (Å²) in [5.41, 5.74) is 0.485. The van der Waals surface area contributed by atoms with Crippen molar-refractivity contribution in [3.8, 4) is 0 Å². The number of anilines is 1. The summed E-state index contributed by atoms with van der Waals surface area (Å²) in [6, 6.07) is 4.39. The van der Waals surface area contributed by atoms with E-state index in [0.29, 0.717) is 5.69 Å². The lowest BCUT2D eigenvalue weighted by Gasteiger charge is -2.15. The van der Waals surface area contributed by atoms with Gasteiger partial charge in [-0.15, -0.1) is 0 Å². The first-order valence-electron chi connectivity index (χ1n) is 4.54. The highest BCUT2D eigenvalue weighted by molar-refractivity contribution is 7.90. The van der Waals surface area contributed by atoms with Crippen molar-refractivity contribution >= 4 is 22.8 Å². The molecule has 0 bridgehead atoms. The molecule has 0 aliphatic carbocycles. The maximum absolute atomic E-state index is 12.6. The number of carboxylic acid groups (broad SMARTS) is 1. The van der Waals surface area contributed by atoms with Crippen LogP contribution in [-0.2, 0) is 16.0 Å². The van der Waals surface area contributed by atoms with Gasteiger partial charge in [-0.2, -0.15) is 0 Å². The van der Waals surface area contributed by atoms with Crippen molar-refractivity contribution in [2.75, 3.05) is 17.3 Å². The van der Waals surface area contributed by atoms with Crippen LogP contribution in [0.25, 0.3) is 0 Å². The van der Waals surface area contributed by atoms with Crippen LogP contribution in [0, 0.1) is 5.82 Å². The zero-order chi connectivity index (χ0) is 12.1. The fourth-order valence-electron chi connectivity index (χ4n) is 1.16. The molecule has 0 saturated carbocycles. The molecule has 0 radical (unpaired) electrons. The highest BCUT2D eigenvalue weighted by Crippen LogP contribution is 2.10. The van der Waals surface area contributed by atoms with Gasteiger partial charge in [-0.3, -0.25) is 0 Å². The van der Waals surface area contributed by atoms with Gasteiger partial charge < -0.3 is 15.0 Å². The van der Waals surface area contributed by atoms with Gasteiger partial charge in [0.25, 0.3) is 0 Å². The van der Waals surface area contributed by atoms with E-state index in [1.807, 2.05) is 0 Å². The number of benzene rings is 1. The van der Waals surface area contributed by atoms with Crippen molar-refractivity contribution in [3.05, 3.63) is 30.1 Å². The largest absolute Gasteiger partial charge is 0.616 e. The minimum Gasteiger partial charge on any atom is -0.616 e. The first kappa shape index (κ1) is 12.8. The van der Waals surface area contributed by atoms with Crippen LogP contribution < -0.4 is 5.32 Å². The molecule has 4 nitrogen and oxygen atoms in total. The Balaban J connectivity index is 2.68. The summed E-state index contributed by atoms with van der Waals surface area (Å²) in [6.07, 6.45) is 1.43. The SMILES string of the molecule is C[S+]([O-])C[C@H](Nc1ccc(F)cc1)C(=O)O. The second-order valence-electron chi connectivity index (χ2n) is 3.28. The Morgan fingerprint density at radius 2 is 2.12 bits per heavy atom. The van der Waals surface area contributed by atoms with E-state index in [-0.39, 0.29) is 5.75 Å². The summed E-state index contributed by atoms with van der Waals surface area (Å²) in [7, 11) is 0. The molecule has 0 amide bonds. The average Bonchev–Trinajstić information content (AvgIpc) is 2.19. The highest BCUT2D eigenvalue weighted by Gasteiger charge is 2.21. The molecule has 2 N–H and O–H groups in total. The van der Waals surface area contributed by atoms with Crippen molar-refractivity contribution in [2.45, 2.75) is 6.04 Å². The zero-order valence-electron chi connectivity index (χ0n) is 8.64. The minimum atomic E-state index is -1.21. The molecule has 0 spiro atoms. The van der Waals surface area contributed by atoms with Crippen LogP contribution in [0.2, 0.25) is 0 Å². The number of rotatable bonds is 5. The summed E-state index contributed by atoms with van der Waals surface area (Å²) in [5.74, 6) is -1.47. The van der Waals surface area contributed by atoms with Crippen molar-refractivity contribution in [1.82, 2.24) is 0 Å². The van der Waals surface area contributed by atoms with Gasteiger partial charge in [0.05, 0.1) is 6.26 Å². The molecular formula is C10H12FNO3S. The fraction of sp³-hybridized carbons (Fsp3) is 0.300. The van der Waals surface area contributed by atoms with E-state index in [1.54, 1.807) is 0 Å². The van der Waals surface area contributed by atoms with Crippen LogP contribution in [0.1, 0.15) is 0 Å². The molecule has 6 heteroatoms. The highest BCUT2D eigenvalue weighted by atomic mass is 32.2. The van der Waals surface area contributed by atoms with E-state index in [9.17, 15) is 13.7 Å². The van der Waals surface area contributed by atoms with Crippen molar-refractivity contribution < 1.29 is 18.8 Å². The first-order valence-corrected chi connectivity index (χ1v) is 6.26. The molecule has 2 atom stereocenters. The number of hydrogen-bond donors (Lipinski definition) is 2. The van der Waals surface area contributed by atoms with Gasteiger partial charge in [0, 0.05) is 5.69 Å². The molecule has 1 rings (SSSR count). The second-order valence-corrected chi connectivity index (χ2v) is 4.76.